The molecule has 1 aliphatic heterocycles. The minimum atomic E-state index is -1.65. The van der Waals surface area contributed by atoms with Crippen LogP contribution in [0.3, 0.4) is 0 Å². The molecule has 5 atom stereocenters. The smallest absolute Gasteiger partial charge is 0.229 e. The second-order valence-corrected chi connectivity index (χ2v) is 7.83. The lowest BCUT2D eigenvalue weighted by Gasteiger charge is -2.39. The number of phenolic OH excluding ortho intramolecular Hbond substituents is 2. The first-order chi connectivity index (χ1) is 16.7. The maximum absolute atomic E-state index is 12.9. The number of methoxy groups -OCH3 is 2. The Kier molecular flexibility index (Phi) is 6.74. The molecule has 6 N–H and O–H groups in total. The van der Waals surface area contributed by atoms with Crippen LogP contribution in [0.4, 0.5) is 0 Å². The van der Waals surface area contributed by atoms with Crippen LogP contribution in [0.2, 0.25) is 0 Å². The summed E-state index contributed by atoms with van der Waals surface area (Å²) in [6.07, 6.45) is -7.50. The zero-order valence-corrected chi connectivity index (χ0v) is 18.6. The molecule has 3 aromatic rings. The first kappa shape index (κ1) is 24.6. The highest BCUT2D eigenvalue weighted by Gasteiger charge is 2.44. The molecule has 0 amide bonds. The number of aromatic hydroxyl groups is 2. The topological polar surface area (TPSA) is 189 Å². The fraction of sp³-hybridized carbons (Fsp3) is 0.348. The molecule has 4 rings (SSSR count). The molecule has 1 aliphatic rings. The Labute approximate surface area is 197 Å². The van der Waals surface area contributed by atoms with Crippen molar-refractivity contribution in [2.24, 2.45) is 0 Å². The van der Waals surface area contributed by atoms with Crippen LogP contribution in [-0.4, -0.2) is 82.2 Å². The van der Waals surface area contributed by atoms with E-state index in [0.717, 1.165) is 0 Å². The van der Waals surface area contributed by atoms with Gasteiger partial charge in [-0.05, 0) is 12.1 Å². The number of hydrogen-bond acceptors (Lipinski definition) is 12. The van der Waals surface area contributed by atoms with Gasteiger partial charge >= 0.3 is 0 Å². The summed E-state index contributed by atoms with van der Waals surface area (Å²) < 4.78 is 27.2. The third-order valence-electron chi connectivity index (χ3n) is 5.65. The summed E-state index contributed by atoms with van der Waals surface area (Å²) in [7, 11) is 2.62. The zero-order valence-electron chi connectivity index (χ0n) is 18.6. The van der Waals surface area contributed by atoms with Gasteiger partial charge in [-0.3, -0.25) is 4.79 Å². The highest BCUT2D eigenvalue weighted by molar-refractivity contribution is 5.86. The summed E-state index contributed by atoms with van der Waals surface area (Å²) in [5, 5.41) is 59.5. The van der Waals surface area contributed by atoms with Crippen LogP contribution in [-0.2, 0) is 4.74 Å². The van der Waals surface area contributed by atoms with Gasteiger partial charge in [0.1, 0.15) is 52.6 Å². The Morgan fingerprint density at radius 1 is 0.914 bits per heavy atom. The number of rotatable bonds is 6. The SMILES string of the molecule is COc1cc(-c2cc(=O)c3c(OC)cc(O[C@@H]4O[C@H](CO)[C@@H](O)[C@H](O)[C@H]4O)cc3o2)cc(O)c1O. The molecular formula is C23H24O12. The summed E-state index contributed by atoms with van der Waals surface area (Å²) in [5.74, 6) is -0.877. The number of hydrogen-bond donors (Lipinski definition) is 6. The van der Waals surface area contributed by atoms with E-state index in [1.54, 1.807) is 0 Å². The van der Waals surface area contributed by atoms with Crippen molar-refractivity contribution in [1.29, 1.82) is 0 Å². The normalized spacial score (nSPS) is 24.3. The van der Waals surface area contributed by atoms with Crippen molar-refractivity contribution in [3.05, 3.63) is 40.6 Å². The van der Waals surface area contributed by atoms with Crippen LogP contribution < -0.4 is 19.6 Å². The molecule has 188 valence electrons. The molecular weight excluding hydrogens is 468 g/mol. The molecule has 0 unspecified atom stereocenters. The Morgan fingerprint density at radius 2 is 1.63 bits per heavy atom. The molecule has 0 saturated carbocycles. The van der Waals surface area contributed by atoms with E-state index in [4.69, 9.17) is 23.4 Å². The number of phenols is 2. The maximum atomic E-state index is 12.9. The monoisotopic (exact) mass is 492 g/mol. The average Bonchev–Trinajstić information content (AvgIpc) is 2.85. The van der Waals surface area contributed by atoms with Gasteiger partial charge in [-0.25, -0.2) is 0 Å². The van der Waals surface area contributed by atoms with Crippen molar-refractivity contribution in [2.45, 2.75) is 30.7 Å². The van der Waals surface area contributed by atoms with Gasteiger partial charge < -0.3 is 54.0 Å². The van der Waals surface area contributed by atoms with Crippen LogP contribution in [0.25, 0.3) is 22.3 Å². The van der Waals surface area contributed by atoms with Gasteiger partial charge in [0.15, 0.2) is 16.9 Å². The van der Waals surface area contributed by atoms with E-state index in [2.05, 4.69) is 0 Å². The van der Waals surface area contributed by atoms with E-state index < -0.39 is 54.2 Å². The van der Waals surface area contributed by atoms with Gasteiger partial charge in [-0.2, -0.15) is 0 Å². The zero-order chi connectivity index (χ0) is 25.4. The number of ether oxygens (including phenoxy) is 4. The molecule has 0 bridgehead atoms. The Morgan fingerprint density at radius 3 is 2.29 bits per heavy atom. The number of fused-ring (bicyclic) bond motifs is 1. The first-order valence-electron chi connectivity index (χ1n) is 10.4. The molecule has 12 heteroatoms. The van der Waals surface area contributed by atoms with Crippen molar-refractivity contribution in [1.82, 2.24) is 0 Å². The van der Waals surface area contributed by atoms with Crippen LogP contribution in [0.5, 0.6) is 28.7 Å². The highest BCUT2D eigenvalue weighted by atomic mass is 16.7. The summed E-state index contributed by atoms with van der Waals surface area (Å²) in [6.45, 7) is -0.632. The van der Waals surface area contributed by atoms with Gasteiger partial charge in [0, 0.05) is 23.8 Å². The van der Waals surface area contributed by atoms with Crippen LogP contribution in [0.15, 0.2) is 39.5 Å². The van der Waals surface area contributed by atoms with E-state index in [-0.39, 0.29) is 39.5 Å². The third-order valence-corrected chi connectivity index (χ3v) is 5.65. The summed E-state index contributed by atoms with van der Waals surface area (Å²) in [6, 6.07) is 6.39. The molecule has 1 fully saturated rings. The standard InChI is InChI=1S/C23H24O12/c1-31-14-5-10(33-23-22(30)21(29)20(28)17(8-24)35-23)6-15-18(14)11(25)7-13(34-15)9-3-12(26)19(27)16(4-9)32-2/h3-7,17,20-24,26-30H,8H2,1-2H3/t17-,20-,21+,22-,23-/m1/s1. The second-order valence-electron chi connectivity index (χ2n) is 7.83. The van der Waals surface area contributed by atoms with Gasteiger partial charge in [-0.1, -0.05) is 0 Å². The molecule has 1 aromatic heterocycles. The van der Waals surface area contributed by atoms with Crippen molar-refractivity contribution >= 4 is 11.0 Å². The summed E-state index contributed by atoms with van der Waals surface area (Å²) >= 11 is 0. The number of aliphatic hydroxyl groups excluding tert-OH is 4. The molecule has 2 aromatic carbocycles. The molecule has 0 aliphatic carbocycles. The van der Waals surface area contributed by atoms with E-state index in [1.807, 2.05) is 0 Å². The highest BCUT2D eigenvalue weighted by Crippen LogP contribution is 2.40. The molecule has 1 saturated heterocycles. The maximum Gasteiger partial charge on any atom is 0.229 e. The predicted molar refractivity (Wildman–Crippen MR) is 119 cm³/mol. The first-order valence-corrected chi connectivity index (χ1v) is 10.4. The van der Waals surface area contributed by atoms with Crippen molar-refractivity contribution in [3.63, 3.8) is 0 Å². The lowest BCUT2D eigenvalue weighted by Crippen LogP contribution is -2.60. The van der Waals surface area contributed by atoms with Gasteiger partial charge in [0.05, 0.1) is 20.8 Å². The van der Waals surface area contributed by atoms with Crippen molar-refractivity contribution < 1.29 is 54.0 Å². The molecule has 0 radical (unpaired) electrons. The minimum Gasteiger partial charge on any atom is -0.504 e. The molecule has 0 spiro atoms. The van der Waals surface area contributed by atoms with E-state index in [0.29, 0.717) is 0 Å². The summed E-state index contributed by atoms with van der Waals surface area (Å²) in [5.41, 5.74) is -0.239. The third kappa shape index (κ3) is 4.45. The minimum absolute atomic E-state index is 0.0120. The lowest BCUT2D eigenvalue weighted by molar-refractivity contribution is -0.277. The van der Waals surface area contributed by atoms with Crippen LogP contribution in [0.1, 0.15) is 0 Å². The van der Waals surface area contributed by atoms with Gasteiger partial charge in [0.25, 0.3) is 0 Å². The van der Waals surface area contributed by atoms with E-state index in [1.165, 1.54) is 44.6 Å². The summed E-state index contributed by atoms with van der Waals surface area (Å²) in [4.78, 5) is 12.9. The number of aliphatic hydroxyl groups is 4. The molecule has 2 heterocycles. The Bertz CT molecular complexity index is 1280. The van der Waals surface area contributed by atoms with Gasteiger partial charge in [0.2, 0.25) is 12.0 Å². The van der Waals surface area contributed by atoms with Crippen LogP contribution >= 0.6 is 0 Å². The lowest BCUT2D eigenvalue weighted by atomic mass is 9.99. The van der Waals surface area contributed by atoms with Crippen LogP contribution in [0, 0.1) is 0 Å². The van der Waals surface area contributed by atoms with E-state index in [9.17, 15) is 35.4 Å². The number of benzene rings is 2. The second kappa shape index (κ2) is 9.60. The Balaban J connectivity index is 1.78. The fourth-order valence-corrected chi connectivity index (χ4v) is 3.79. The van der Waals surface area contributed by atoms with Gasteiger partial charge in [-0.15, -0.1) is 0 Å². The Hall–Kier alpha value is -3.55. The van der Waals surface area contributed by atoms with Crippen molar-refractivity contribution in [3.8, 4) is 40.1 Å². The predicted octanol–water partition coefficient (Wildman–Crippen LogP) is 0.0671. The largest absolute Gasteiger partial charge is 0.504 e. The van der Waals surface area contributed by atoms with E-state index >= 15 is 0 Å². The molecule has 12 nitrogen and oxygen atoms in total. The fourth-order valence-electron chi connectivity index (χ4n) is 3.79. The quantitative estimate of drug-likeness (QED) is 0.254. The average molecular weight is 492 g/mol. The van der Waals surface area contributed by atoms with Crippen molar-refractivity contribution in [2.75, 3.05) is 20.8 Å². The molecule has 35 heavy (non-hydrogen) atoms.